The number of halogens is 5. The number of aromatic nitrogens is 2. The molecule has 0 spiro atoms. The highest BCUT2D eigenvalue weighted by Gasteiger charge is 2.30. The summed E-state index contributed by atoms with van der Waals surface area (Å²) < 4.78 is 49.9. The summed E-state index contributed by atoms with van der Waals surface area (Å²) in [7, 11) is 0. The van der Waals surface area contributed by atoms with Crippen molar-refractivity contribution in [2.24, 2.45) is 0 Å². The Kier molecular flexibility index (Phi) is 7.00. The van der Waals surface area contributed by atoms with E-state index in [-0.39, 0.29) is 23.7 Å². The van der Waals surface area contributed by atoms with E-state index in [2.05, 4.69) is 5.10 Å². The molecule has 0 radical (unpaired) electrons. The first-order chi connectivity index (χ1) is 16.6. The lowest BCUT2D eigenvalue weighted by Gasteiger charge is -2.10. The molecule has 4 rings (SSSR count). The Labute approximate surface area is 206 Å². The molecule has 0 saturated heterocycles. The van der Waals surface area contributed by atoms with Crippen LogP contribution in [0.15, 0.2) is 75.9 Å². The lowest BCUT2D eigenvalue weighted by atomic mass is 10.1. The summed E-state index contributed by atoms with van der Waals surface area (Å²) >= 11 is 11.9. The zero-order valence-electron chi connectivity index (χ0n) is 17.7. The van der Waals surface area contributed by atoms with Gasteiger partial charge in [0.2, 0.25) is 5.89 Å². The molecule has 0 amide bonds. The largest absolute Gasteiger partial charge is 0.437 e. The second-order valence-corrected chi connectivity index (χ2v) is 8.08. The average Bonchev–Trinajstić information content (AvgIpc) is 3.20. The first-order valence-corrected chi connectivity index (χ1v) is 11.0. The van der Waals surface area contributed by atoms with Crippen molar-refractivity contribution in [2.75, 3.05) is 0 Å². The van der Waals surface area contributed by atoms with Crippen LogP contribution in [0, 0.1) is 0 Å². The highest BCUT2D eigenvalue weighted by atomic mass is 35.5. The van der Waals surface area contributed by atoms with Crippen LogP contribution in [0.4, 0.5) is 13.2 Å². The Hall–Kier alpha value is -3.56. The van der Waals surface area contributed by atoms with Gasteiger partial charge in [0.25, 0.3) is 0 Å². The van der Waals surface area contributed by atoms with Gasteiger partial charge < -0.3 is 9.15 Å². The molecule has 1 aromatic heterocycles. The number of benzene rings is 3. The Morgan fingerprint density at radius 3 is 2.34 bits per heavy atom. The number of carbonyl (C=O) groups excluding carboxylic acids is 1. The average molecular weight is 523 g/mol. The fourth-order valence-corrected chi connectivity index (χ4v) is 3.52. The molecule has 0 fully saturated rings. The number of nitrogens with zero attached hydrogens (tertiary/aromatic N) is 2. The molecule has 3 aromatic carbocycles. The van der Waals surface area contributed by atoms with Crippen LogP contribution in [0.25, 0.3) is 11.5 Å². The monoisotopic (exact) mass is 522 g/mol. The molecule has 180 valence electrons. The van der Waals surface area contributed by atoms with Gasteiger partial charge in [-0.25, -0.2) is 9.59 Å². The SMILES string of the molecule is O=C(Oc1ccc(Cl)cc1Cn1nc(-c2ccc(C(F)(F)F)cc2)oc1=O)c1ccc(CCl)cc1. The van der Waals surface area contributed by atoms with Crippen LogP contribution in [0.5, 0.6) is 5.75 Å². The van der Waals surface area contributed by atoms with E-state index < -0.39 is 23.5 Å². The van der Waals surface area contributed by atoms with Gasteiger partial charge in [-0.15, -0.1) is 16.7 Å². The number of carbonyl (C=O) groups is 1. The normalized spacial score (nSPS) is 11.5. The predicted molar refractivity (Wildman–Crippen MR) is 123 cm³/mol. The Morgan fingerprint density at radius 2 is 1.71 bits per heavy atom. The third-order valence-electron chi connectivity index (χ3n) is 4.95. The number of hydrogen-bond acceptors (Lipinski definition) is 5. The quantitative estimate of drug-likeness (QED) is 0.171. The Bertz CT molecular complexity index is 1410. The predicted octanol–water partition coefficient (Wildman–Crippen LogP) is 6.18. The van der Waals surface area contributed by atoms with Crippen molar-refractivity contribution in [3.05, 3.63) is 105 Å². The van der Waals surface area contributed by atoms with Crippen molar-refractivity contribution in [1.29, 1.82) is 0 Å². The van der Waals surface area contributed by atoms with Gasteiger partial charge in [-0.1, -0.05) is 23.7 Å². The van der Waals surface area contributed by atoms with Crippen LogP contribution in [0.3, 0.4) is 0 Å². The van der Waals surface area contributed by atoms with Crippen molar-refractivity contribution < 1.29 is 27.1 Å². The molecule has 6 nitrogen and oxygen atoms in total. The van der Waals surface area contributed by atoms with Crippen molar-refractivity contribution >= 4 is 29.2 Å². The van der Waals surface area contributed by atoms with E-state index in [1.165, 1.54) is 18.2 Å². The Balaban J connectivity index is 1.58. The summed E-state index contributed by atoms with van der Waals surface area (Å²) in [5.41, 5.74) is 0.836. The zero-order valence-corrected chi connectivity index (χ0v) is 19.2. The molecule has 0 atom stereocenters. The smallest absolute Gasteiger partial charge is 0.423 e. The van der Waals surface area contributed by atoms with Crippen LogP contribution < -0.4 is 10.5 Å². The number of esters is 1. The highest BCUT2D eigenvalue weighted by molar-refractivity contribution is 6.30. The molecule has 0 N–H and O–H groups in total. The van der Waals surface area contributed by atoms with E-state index in [1.54, 1.807) is 24.3 Å². The zero-order chi connectivity index (χ0) is 25.2. The summed E-state index contributed by atoms with van der Waals surface area (Å²) in [4.78, 5) is 24.9. The molecular formula is C24H15Cl2F3N2O4. The van der Waals surface area contributed by atoms with E-state index in [0.717, 1.165) is 34.5 Å². The van der Waals surface area contributed by atoms with Gasteiger partial charge >= 0.3 is 17.9 Å². The van der Waals surface area contributed by atoms with Crippen LogP contribution >= 0.6 is 23.2 Å². The maximum atomic E-state index is 12.8. The fourth-order valence-electron chi connectivity index (χ4n) is 3.15. The minimum atomic E-state index is -4.49. The van der Waals surface area contributed by atoms with Gasteiger partial charge in [0.15, 0.2) is 0 Å². The molecule has 0 unspecified atom stereocenters. The molecule has 0 saturated carbocycles. The van der Waals surface area contributed by atoms with E-state index in [9.17, 15) is 22.8 Å². The van der Waals surface area contributed by atoms with Crippen LogP contribution in [0.1, 0.15) is 27.0 Å². The van der Waals surface area contributed by atoms with Gasteiger partial charge in [-0.3, -0.25) is 0 Å². The molecule has 0 aliphatic carbocycles. The molecule has 1 heterocycles. The van der Waals surface area contributed by atoms with E-state index in [1.807, 2.05) is 0 Å². The van der Waals surface area contributed by atoms with Crippen molar-refractivity contribution in [3.63, 3.8) is 0 Å². The van der Waals surface area contributed by atoms with Crippen LogP contribution in [-0.2, 0) is 18.6 Å². The topological polar surface area (TPSA) is 74.3 Å². The second kappa shape index (κ2) is 9.97. The molecule has 11 heteroatoms. The lowest BCUT2D eigenvalue weighted by molar-refractivity contribution is -0.137. The van der Waals surface area contributed by atoms with Crippen molar-refractivity contribution in [3.8, 4) is 17.2 Å². The molecular weight excluding hydrogens is 508 g/mol. The number of alkyl halides is 4. The summed E-state index contributed by atoms with van der Waals surface area (Å²) in [6.45, 7) is -0.169. The van der Waals surface area contributed by atoms with Crippen LogP contribution in [0.2, 0.25) is 5.02 Å². The third-order valence-corrected chi connectivity index (χ3v) is 5.50. The maximum Gasteiger partial charge on any atom is 0.437 e. The summed E-state index contributed by atoms with van der Waals surface area (Å²) in [6.07, 6.45) is -4.49. The van der Waals surface area contributed by atoms with E-state index in [4.69, 9.17) is 32.4 Å². The fraction of sp³-hybridized carbons (Fsp3) is 0.125. The summed E-state index contributed by atoms with van der Waals surface area (Å²) in [6, 6.07) is 15.1. The number of hydrogen-bond donors (Lipinski definition) is 0. The maximum absolute atomic E-state index is 12.8. The summed E-state index contributed by atoms with van der Waals surface area (Å²) in [5.74, 6) is -1.20. The van der Waals surface area contributed by atoms with Gasteiger partial charge in [0, 0.05) is 22.0 Å². The minimum Gasteiger partial charge on any atom is -0.423 e. The molecule has 35 heavy (non-hydrogen) atoms. The van der Waals surface area contributed by atoms with Gasteiger partial charge in [0.05, 0.1) is 17.7 Å². The third kappa shape index (κ3) is 5.75. The molecule has 0 aliphatic heterocycles. The standard InChI is InChI=1S/C24H15Cl2F3N2O4/c25-12-14-1-3-16(4-2-14)22(32)34-20-10-9-19(26)11-17(20)13-31-23(33)35-21(30-31)15-5-7-18(8-6-15)24(27,28)29/h1-11H,12-13H2. The molecule has 0 aliphatic rings. The van der Waals surface area contributed by atoms with E-state index >= 15 is 0 Å². The molecule has 0 bridgehead atoms. The first kappa shape index (κ1) is 24.6. The van der Waals surface area contributed by atoms with Gasteiger partial charge in [-0.2, -0.15) is 17.9 Å². The molecule has 4 aromatic rings. The Morgan fingerprint density at radius 1 is 1.03 bits per heavy atom. The van der Waals surface area contributed by atoms with Crippen molar-refractivity contribution in [2.45, 2.75) is 18.6 Å². The number of rotatable bonds is 6. The van der Waals surface area contributed by atoms with Gasteiger partial charge in [0.1, 0.15) is 5.75 Å². The van der Waals surface area contributed by atoms with Gasteiger partial charge in [-0.05, 0) is 60.2 Å². The second-order valence-electron chi connectivity index (χ2n) is 7.38. The lowest BCUT2D eigenvalue weighted by Crippen LogP contribution is -2.18. The van der Waals surface area contributed by atoms with E-state index in [0.29, 0.717) is 22.0 Å². The van der Waals surface area contributed by atoms with Crippen molar-refractivity contribution in [1.82, 2.24) is 9.78 Å². The minimum absolute atomic E-state index is 0.145. The number of ether oxygens (including phenoxy) is 1. The first-order valence-electron chi connectivity index (χ1n) is 10.0. The summed E-state index contributed by atoms with van der Waals surface area (Å²) in [5, 5.41) is 4.38. The highest BCUT2D eigenvalue weighted by Crippen LogP contribution is 2.30. The van der Waals surface area contributed by atoms with Crippen LogP contribution in [-0.4, -0.2) is 15.7 Å².